The number of hydrogen-bond donors (Lipinski definition) is 1. The molecule has 0 saturated carbocycles. The molecule has 2 heterocycles. The van der Waals surface area contributed by atoms with Crippen LogP contribution in [0, 0.1) is 11.8 Å². The summed E-state index contributed by atoms with van der Waals surface area (Å²) in [6, 6.07) is 0.593. The van der Waals surface area contributed by atoms with Crippen molar-refractivity contribution in [2.24, 2.45) is 11.8 Å². The van der Waals surface area contributed by atoms with Gasteiger partial charge in [-0.3, -0.25) is 9.69 Å². The molecular formula is C14H28ClN3O. The standard InChI is InChI=1S/C14H27N3O.ClH/c1-11(2)12(3)14(18)17-7-4-13(10-17)16-8-5-15-6-9-16;/h11-13,15H,4-10H2,1-3H3;1H. The summed E-state index contributed by atoms with van der Waals surface area (Å²) in [6.45, 7) is 12.7. The monoisotopic (exact) mass is 289 g/mol. The van der Waals surface area contributed by atoms with Gasteiger partial charge in [0.25, 0.3) is 0 Å². The Balaban J connectivity index is 0.00000180. The molecule has 2 rings (SSSR count). The van der Waals surface area contributed by atoms with Gasteiger partial charge in [-0.05, 0) is 12.3 Å². The SMILES string of the molecule is CC(C)C(C)C(=O)N1CCC(N2CCNCC2)C1.Cl. The van der Waals surface area contributed by atoms with Gasteiger partial charge in [0, 0.05) is 51.2 Å². The van der Waals surface area contributed by atoms with Crippen LogP contribution in [0.25, 0.3) is 0 Å². The predicted octanol–water partition coefficient (Wildman–Crippen LogP) is 1.21. The van der Waals surface area contributed by atoms with Crippen LogP contribution in [0.15, 0.2) is 0 Å². The molecule has 19 heavy (non-hydrogen) atoms. The highest BCUT2D eigenvalue weighted by molar-refractivity contribution is 5.85. The summed E-state index contributed by atoms with van der Waals surface area (Å²) in [4.78, 5) is 16.9. The van der Waals surface area contributed by atoms with Crippen molar-refractivity contribution in [2.75, 3.05) is 39.3 Å². The molecule has 2 fully saturated rings. The second-order valence-corrected chi connectivity index (χ2v) is 6.05. The zero-order valence-corrected chi connectivity index (χ0v) is 13.2. The molecule has 2 aliphatic heterocycles. The van der Waals surface area contributed by atoms with Crippen LogP contribution in [0.1, 0.15) is 27.2 Å². The van der Waals surface area contributed by atoms with Gasteiger partial charge in [0.15, 0.2) is 0 Å². The summed E-state index contributed by atoms with van der Waals surface area (Å²) < 4.78 is 0. The minimum atomic E-state index is 0. The van der Waals surface area contributed by atoms with E-state index in [1.165, 1.54) is 0 Å². The van der Waals surface area contributed by atoms with Crippen LogP contribution in [0.5, 0.6) is 0 Å². The second kappa shape index (κ2) is 7.46. The molecule has 1 N–H and O–H groups in total. The molecule has 2 atom stereocenters. The van der Waals surface area contributed by atoms with Gasteiger partial charge in [-0.15, -0.1) is 12.4 Å². The molecule has 5 heteroatoms. The number of carbonyl (C=O) groups excluding carboxylic acids is 1. The van der Waals surface area contributed by atoms with Crippen molar-refractivity contribution in [1.29, 1.82) is 0 Å². The maximum atomic E-state index is 12.3. The van der Waals surface area contributed by atoms with E-state index in [0.29, 0.717) is 17.9 Å². The van der Waals surface area contributed by atoms with E-state index in [4.69, 9.17) is 0 Å². The molecule has 0 aromatic heterocycles. The fourth-order valence-corrected chi connectivity index (χ4v) is 2.86. The summed E-state index contributed by atoms with van der Waals surface area (Å²) in [6.07, 6.45) is 1.15. The van der Waals surface area contributed by atoms with Gasteiger partial charge < -0.3 is 10.2 Å². The van der Waals surface area contributed by atoms with Crippen molar-refractivity contribution < 1.29 is 4.79 Å². The molecule has 2 saturated heterocycles. The molecule has 2 unspecified atom stereocenters. The third-order valence-corrected chi connectivity index (χ3v) is 4.53. The van der Waals surface area contributed by atoms with E-state index in [2.05, 4.69) is 35.9 Å². The Bertz CT molecular complexity index is 292. The summed E-state index contributed by atoms with van der Waals surface area (Å²) in [5, 5.41) is 3.38. The van der Waals surface area contributed by atoms with Gasteiger partial charge in [0.1, 0.15) is 0 Å². The first kappa shape index (κ1) is 16.7. The Hall–Kier alpha value is -0.320. The number of rotatable bonds is 3. The van der Waals surface area contributed by atoms with Crippen LogP contribution in [0.3, 0.4) is 0 Å². The quantitative estimate of drug-likeness (QED) is 0.848. The number of nitrogens with one attached hydrogen (secondary N) is 1. The topological polar surface area (TPSA) is 35.6 Å². The molecule has 0 aliphatic carbocycles. The summed E-state index contributed by atoms with van der Waals surface area (Å²) in [5.74, 6) is 0.949. The molecule has 1 amide bonds. The summed E-state index contributed by atoms with van der Waals surface area (Å²) in [5.41, 5.74) is 0. The Labute approximate surface area is 123 Å². The van der Waals surface area contributed by atoms with Crippen LogP contribution in [0.4, 0.5) is 0 Å². The van der Waals surface area contributed by atoms with Crippen LogP contribution < -0.4 is 5.32 Å². The van der Waals surface area contributed by atoms with Gasteiger partial charge in [0.2, 0.25) is 5.91 Å². The normalized spacial score (nSPS) is 26.3. The third kappa shape index (κ3) is 4.07. The van der Waals surface area contributed by atoms with Crippen molar-refractivity contribution >= 4 is 18.3 Å². The largest absolute Gasteiger partial charge is 0.341 e. The average Bonchev–Trinajstić information content (AvgIpc) is 2.87. The fourth-order valence-electron chi connectivity index (χ4n) is 2.86. The Morgan fingerprint density at radius 1 is 1.16 bits per heavy atom. The van der Waals surface area contributed by atoms with E-state index >= 15 is 0 Å². The van der Waals surface area contributed by atoms with Crippen LogP contribution in [0.2, 0.25) is 0 Å². The minimum absolute atomic E-state index is 0. The third-order valence-electron chi connectivity index (χ3n) is 4.53. The molecule has 2 aliphatic rings. The maximum Gasteiger partial charge on any atom is 0.225 e. The van der Waals surface area contributed by atoms with Crippen molar-refractivity contribution in [3.8, 4) is 0 Å². The van der Waals surface area contributed by atoms with E-state index in [0.717, 1.165) is 45.7 Å². The molecule has 0 spiro atoms. The Morgan fingerprint density at radius 3 is 2.37 bits per heavy atom. The predicted molar refractivity (Wildman–Crippen MR) is 80.7 cm³/mol. The van der Waals surface area contributed by atoms with Gasteiger partial charge in [0.05, 0.1) is 0 Å². The highest BCUT2D eigenvalue weighted by Gasteiger charge is 2.33. The van der Waals surface area contributed by atoms with Crippen molar-refractivity contribution in [2.45, 2.75) is 33.2 Å². The molecule has 0 bridgehead atoms. The Kier molecular flexibility index (Phi) is 6.57. The number of likely N-dealkylation sites (tertiary alicyclic amines) is 1. The highest BCUT2D eigenvalue weighted by Crippen LogP contribution is 2.21. The molecular weight excluding hydrogens is 262 g/mol. The lowest BCUT2D eigenvalue weighted by Gasteiger charge is -2.32. The Morgan fingerprint density at radius 2 is 1.79 bits per heavy atom. The maximum absolute atomic E-state index is 12.3. The van der Waals surface area contributed by atoms with Gasteiger partial charge in [-0.1, -0.05) is 20.8 Å². The van der Waals surface area contributed by atoms with Gasteiger partial charge in [-0.25, -0.2) is 0 Å². The first-order valence-corrected chi connectivity index (χ1v) is 7.33. The van der Waals surface area contributed by atoms with E-state index in [9.17, 15) is 4.79 Å². The van der Waals surface area contributed by atoms with Gasteiger partial charge >= 0.3 is 0 Å². The molecule has 112 valence electrons. The van der Waals surface area contributed by atoms with Crippen molar-refractivity contribution in [3.63, 3.8) is 0 Å². The van der Waals surface area contributed by atoms with Gasteiger partial charge in [-0.2, -0.15) is 0 Å². The number of halogens is 1. The zero-order chi connectivity index (χ0) is 13.1. The molecule has 0 radical (unpaired) electrons. The lowest BCUT2D eigenvalue weighted by Crippen LogP contribution is -2.49. The first-order valence-electron chi connectivity index (χ1n) is 7.33. The van der Waals surface area contributed by atoms with E-state index in [-0.39, 0.29) is 18.3 Å². The number of amides is 1. The molecule has 0 aromatic rings. The van der Waals surface area contributed by atoms with Crippen molar-refractivity contribution in [3.05, 3.63) is 0 Å². The van der Waals surface area contributed by atoms with Crippen LogP contribution in [-0.2, 0) is 4.79 Å². The van der Waals surface area contributed by atoms with Crippen LogP contribution in [-0.4, -0.2) is 61.0 Å². The van der Waals surface area contributed by atoms with E-state index < -0.39 is 0 Å². The van der Waals surface area contributed by atoms with Crippen LogP contribution >= 0.6 is 12.4 Å². The number of nitrogens with zero attached hydrogens (tertiary/aromatic N) is 2. The molecule has 0 aromatic carbocycles. The number of carbonyl (C=O) groups is 1. The van der Waals surface area contributed by atoms with E-state index in [1.54, 1.807) is 0 Å². The average molecular weight is 290 g/mol. The number of hydrogen-bond acceptors (Lipinski definition) is 3. The fraction of sp³-hybridized carbons (Fsp3) is 0.929. The lowest BCUT2D eigenvalue weighted by molar-refractivity contribution is -0.135. The zero-order valence-electron chi connectivity index (χ0n) is 12.4. The molecule has 4 nitrogen and oxygen atoms in total. The highest BCUT2D eigenvalue weighted by atomic mass is 35.5. The van der Waals surface area contributed by atoms with E-state index in [1.807, 2.05) is 0 Å². The lowest BCUT2D eigenvalue weighted by atomic mass is 9.97. The summed E-state index contributed by atoms with van der Waals surface area (Å²) in [7, 11) is 0. The first-order chi connectivity index (χ1) is 8.59. The minimum Gasteiger partial charge on any atom is -0.341 e. The number of piperazine rings is 1. The second-order valence-electron chi connectivity index (χ2n) is 6.05. The smallest absolute Gasteiger partial charge is 0.225 e. The summed E-state index contributed by atoms with van der Waals surface area (Å²) >= 11 is 0. The van der Waals surface area contributed by atoms with Crippen molar-refractivity contribution in [1.82, 2.24) is 15.1 Å².